The predicted octanol–water partition coefficient (Wildman–Crippen LogP) is 2.85. The number of fused-ring (bicyclic) bond motifs is 1. The molecule has 6 aromatic rings. The van der Waals surface area contributed by atoms with Crippen LogP contribution in [0, 0.1) is 0 Å². The molecule has 0 bridgehead atoms. The first-order valence-corrected chi connectivity index (χ1v) is 27.3. The van der Waals surface area contributed by atoms with Gasteiger partial charge in [-0.2, -0.15) is 55.2 Å². The molecule has 0 unspecified atom stereocenters. The molecule has 2 aromatic heterocycles. The largest absolute Gasteiger partial charge is 0.505 e. The first kappa shape index (κ1) is 56.6. The minimum absolute atomic E-state index is 0.0271. The highest BCUT2D eigenvalue weighted by molar-refractivity contribution is 7.91. The van der Waals surface area contributed by atoms with Crippen LogP contribution in [0.15, 0.2) is 88.6 Å². The number of rotatable bonds is 22. The number of phenols is 1. The molecular weight excluding hydrogens is 1110 g/mol. The molecule has 396 valence electrons. The Bertz CT molecular complexity index is 3430. The fourth-order valence-corrected chi connectivity index (χ4v) is 9.64. The molecule has 4 aromatic carbocycles. The molecule has 0 spiro atoms. The number of anilines is 7. The summed E-state index contributed by atoms with van der Waals surface area (Å²) in [6, 6.07) is 7.15. The Morgan fingerprint density at radius 1 is 0.554 bits per heavy atom. The normalized spacial score (nSPS) is 12.5. The molecule has 0 atom stereocenters. The third kappa shape index (κ3) is 13.5. The summed E-state index contributed by atoms with van der Waals surface area (Å²) in [5.41, 5.74) is 2.07. The maximum absolute atomic E-state index is 13.3. The number of aliphatic hydroxyl groups is 4. The standard InChI is InChI=1S/C37H39Cl2N15O16S4/c1-71(60,61)25-14-18-15-26(74(68,69)70)30(52-50-22-17-20(3-5-24(22)73(65,66)67)42-35-44-33(39)46-37(48-35)54(8-12-57)9-13-58)31(59)27(18)28(40)29(25)51-49-21-16-19(2-4-23(21)72(62,63)64)41-34-43-32(38)45-36(47-34)53(6-10-55)7-11-56/h2-5,14-17,55-59H,6-13,40H2,1H3,(H,62,63,64)(H,65,66,67)(H,68,69,70)(H,41,43,45,47)(H,42,44,46,48)/b51-49+,52-50+. The lowest BCUT2D eigenvalue weighted by molar-refractivity contribution is 0.279. The summed E-state index contributed by atoms with van der Waals surface area (Å²) in [7, 11) is -20.3. The van der Waals surface area contributed by atoms with Crippen LogP contribution in [-0.4, -0.2) is 162 Å². The third-order valence-corrected chi connectivity index (χ3v) is 13.8. The SMILES string of the molecule is CS(=O)(=O)c1cc2cc(S(=O)(=O)O)c(/N=N/c3cc(Nc4nc(Cl)nc(N(CCO)CCO)n4)ccc3S(=O)(=O)O)c(O)c2c(N)c1/N=N/c1cc(Nc2nc(Cl)nc(N(CCO)CCO)n2)ccc1S(=O)(=O)O. The van der Waals surface area contributed by atoms with Crippen LogP contribution in [0.3, 0.4) is 0 Å². The molecule has 12 N–H and O–H groups in total. The van der Waals surface area contributed by atoms with E-state index in [2.05, 4.69) is 61.0 Å². The molecule has 0 aliphatic rings. The molecule has 31 nitrogen and oxygen atoms in total. The van der Waals surface area contributed by atoms with E-state index in [1.807, 2.05) is 0 Å². The highest BCUT2D eigenvalue weighted by Crippen LogP contribution is 2.49. The van der Waals surface area contributed by atoms with Crippen molar-refractivity contribution in [3.05, 3.63) is 59.1 Å². The second kappa shape index (κ2) is 22.8. The van der Waals surface area contributed by atoms with E-state index in [1.54, 1.807) is 0 Å². The summed E-state index contributed by atoms with van der Waals surface area (Å²) < 4.78 is 133. The maximum atomic E-state index is 13.3. The average molecular weight is 1150 g/mol. The predicted molar refractivity (Wildman–Crippen MR) is 263 cm³/mol. The number of aliphatic hydroxyl groups excluding tert-OH is 4. The van der Waals surface area contributed by atoms with Crippen LogP contribution in [0.5, 0.6) is 5.75 Å². The number of halogens is 2. The lowest BCUT2D eigenvalue weighted by atomic mass is 10.1. The lowest BCUT2D eigenvalue weighted by Crippen LogP contribution is -2.31. The van der Waals surface area contributed by atoms with E-state index in [4.69, 9.17) is 28.9 Å². The molecule has 0 fully saturated rings. The van der Waals surface area contributed by atoms with Gasteiger partial charge in [0.1, 0.15) is 37.4 Å². The van der Waals surface area contributed by atoms with E-state index >= 15 is 0 Å². The van der Waals surface area contributed by atoms with E-state index in [1.165, 1.54) is 9.80 Å². The number of nitrogen functional groups attached to an aromatic ring is 1. The summed E-state index contributed by atoms with van der Waals surface area (Å²) in [6.07, 6.45) is 0.663. The van der Waals surface area contributed by atoms with Crippen LogP contribution in [0.4, 0.5) is 63.6 Å². The number of phenolic OH excluding ortho intramolecular Hbond substituents is 1. The number of benzene rings is 4. The molecule has 0 aliphatic carbocycles. The van der Waals surface area contributed by atoms with E-state index < -0.39 is 105 Å². The van der Waals surface area contributed by atoms with Crippen molar-refractivity contribution in [2.45, 2.75) is 19.6 Å². The van der Waals surface area contributed by atoms with E-state index in [9.17, 15) is 72.9 Å². The molecule has 74 heavy (non-hydrogen) atoms. The highest BCUT2D eigenvalue weighted by Gasteiger charge is 2.29. The first-order chi connectivity index (χ1) is 34.7. The quantitative estimate of drug-likeness (QED) is 0.0264. The van der Waals surface area contributed by atoms with Crippen molar-refractivity contribution in [1.29, 1.82) is 0 Å². The number of hydrogen-bond donors (Lipinski definition) is 11. The van der Waals surface area contributed by atoms with Crippen LogP contribution >= 0.6 is 23.2 Å². The van der Waals surface area contributed by atoms with E-state index in [0.717, 1.165) is 42.5 Å². The summed E-state index contributed by atoms with van der Waals surface area (Å²) in [6.45, 7) is -1.60. The average Bonchev–Trinajstić information content (AvgIpc) is 3.29. The summed E-state index contributed by atoms with van der Waals surface area (Å²) >= 11 is 12.2. The Kier molecular flexibility index (Phi) is 17.4. The number of hydrogen-bond acceptors (Lipinski definition) is 28. The van der Waals surface area contributed by atoms with Gasteiger partial charge in [-0.05, 0) is 77.1 Å². The lowest BCUT2D eigenvalue weighted by Gasteiger charge is -2.20. The zero-order chi connectivity index (χ0) is 54.5. The molecule has 0 aliphatic heterocycles. The van der Waals surface area contributed by atoms with Crippen molar-refractivity contribution in [3.63, 3.8) is 0 Å². The zero-order valence-corrected chi connectivity index (χ0v) is 42.2. The van der Waals surface area contributed by atoms with Gasteiger partial charge in [0, 0.05) is 43.8 Å². The molecule has 6 rings (SSSR count). The Morgan fingerprint density at radius 3 is 1.32 bits per heavy atom. The maximum Gasteiger partial charge on any atom is 0.296 e. The van der Waals surface area contributed by atoms with Crippen LogP contribution in [0.1, 0.15) is 0 Å². The van der Waals surface area contributed by atoms with Gasteiger partial charge in [-0.1, -0.05) is 0 Å². The Hall–Kier alpha value is -6.74. The van der Waals surface area contributed by atoms with E-state index in [-0.39, 0.29) is 98.3 Å². The van der Waals surface area contributed by atoms with E-state index in [0.29, 0.717) is 12.3 Å². The molecule has 0 saturated carbocycles. The van der Waals surface area contributed by atoms with Crippen molar-refractivity contribution in [3.8, 4) is 5.75 Å². The van der Waals surface area contributed by atoms with Crippen LogP contribution in [0.2, 0.25) is 10.6 Å². The van der Waals surface area contributed by atoms with Crippen molar-refractivity contribution in [2.24, 2.45) is 20.5 Å². The highest BCUT2D eigenvalue weighted by atomic mass is 35.5. The fraction of sp³-hybridized carbons (Fsp3) is 0.243. The number of aromatic nitrogens is 6. The number of azo groups is 2. The second-order valence-electron chi connectivity index (χ2n) is 14.8. The summed E-state index contributed by atoms with van der Waals surface area (Å²) in [5, 5.41) is 68.3. The molecule has 0 saturated heterocycles. The summed E-state index contributed by atoms with van der Waals surface area (Å²) in [5.74, 6) is -1.98. The minimum Gasteiger partial charge on any atom is -0.505 e. The van der Waals surface area contributed by atoms with Crippen molar-refractivity contribution in [1.82, 2.24) is 29.9 Å². The first-order valence-electron chi connectivity index (χ1n) is 20.3. The third-order valence-electron chi connectivity index (χ3n) is 9.73. The Labute approximate surface area is 428 Å². The van der Waals surface area contributed by atoms with Crippen molar-refractivity contribution < 1.29 is 72.9 Å². The van der Waals surface area contributed by atoms with Crippen molar-refractivity contribution in [2.75, 3.05) is 85.0 Å². The minimum atomic E-state index is -5.47. The van der Waals surface area contributed by atoms with Crippen LogP contribution in [0.25, 0.3) is 10.8 Å². The van der Waals surface area contributed by atoms with Gasteiger partial charge in [0.05, 0.1) is 42.4 Å². The van der Waals surface area contributed by atoms with Crippen LogP contribution < -0.4 is 26.2 Å². The zero-order valence-electron chi connectivity index (χ0n) is 37.5. The number of aromatic hydroxyl groups is 1. The van der Waals surface area contributed by atoms with Gasteiger partial charge in [0.15, 0.2) is 15.6 Å². The van der Waals surface area contributed by atoms with Gasteiger partial charge in [-0.25, -0.2) is 8.42 Å². The Balaban J connectivity index is 1.49. The van der Waals surface area contributed by atoms with Gasteiger partial charge in [-0.15, -0.1) is 20.5 Å². The van der Waals surface area contributed by atoms with Gasteiger partial charge >= 0.3 is 0 Å². The number of nitrogens with one attached hydrogen (secondary N) is 2. The fourth-order valence-electron chi connectivity index (χ4n) is 6.62. The molecule has 0 amide bonds. The smallest absolute Gasteiger partial charge is 0.296 e. The van der Waals surface area contributed by atoms with Gasteiger partial charge < -0.3 is 51.7 Å². The topological polar surface area (TPSA) is 482 Å². The van der Waals surface area contributed by atoms with Crippen LogP contribution in [-0.2, 0) is 40.2 Å². The molecule has 37 heteroatoms. The summed E-state index contributed by atoms with van der Waals surface area (Å²) in [4.78, 5) is 23.0. The monoisotopic (exact) mass is 1150 g/mol. The number of sulfone groups is 1. The number of nitrogens with two attached hydrogens (primary N) is 1. The van der Waals surface area contributed by atoms with Gasteiger partial charge in [-0.3, -0.25) is 13.7 Å². The molecule has 2 heterocycles. The Morgan fingerprint density at radius 2 is 0.946 bits per heavy atom. The molecular formula is C37H39Cl2N15O16S4. The van der Waals surface area contributed by atoms with Gasteiger partial charge in [0.25, 0.3) is 30.4 Å². The van der Waals surface area contributed by atoms with Gasteiger partial charge in [0.2, 0.25) is 34.4 Å². The number of nitrogens with zero attached hydrogens (tertiary/aromatic N) is 12. The van der Waals surface area contributed by atoms with Crippen molar-refractivity contribution >= 4 is 138 Å². The molecule has 0 radical (unpaired) electrons. The second-order valence-corrected chi connectivity index (χ2v) is 21.7.